The Kier molecular flexibility index (Phi) is 7.14. The van der Waals surface area contributed by atoms with Crippen LogP contribution in [0, 0.1) is 0 Å². The molecule has 0 amide bonds. The molecule has 0 saturated carbocycles. The molecule has 55 heavy (non-hydrogen) atoms. The van der Waals surface area contributed by atoms with Gasteiger partial charge in [-0.15, -0.1) is 0 Å². The van der Waals surface area contributed by atoms with Crippen molar-refractivity contribution in [3.05, 3.63) is 200 Å². The standard InChI is InChI=1S/C51H33N3O/c1-3-11-34(12-4-1)36-19-26-40(27-20-36)53(41-28-21-37(22-29-41)35-13-5-2-6-14-35)42-30-23-38(24-31-42)39-25-32-48-45(33-39)49-50(55-48)43-15-7-8-16-44(43)51-52-46-17-9-10-18-47(46)54(49)51/h1-33H. The fourth-order valence-corrected chi connectivity index (χ4v) is 8.10. The molecule has 11 rings (SSSR count). The first-order valence-electron chi connectivity index (χ1n) is 18.6. The number of anilines is 3. The molecule has 258 valence electrons. The van der Waals surface area contributed by atoms with Gasteiger partial charge in [-0.2, -0.15) is 0 Å². The molecule has 8 aromatic carbocycles. The second-order valence-corrected chi connectivity index (χ2v) is 14.0. The molecule has 0 N–H and O–H groups in total. The third-order valence-corrected chi connectivity index (χ3v) is 10.8. The summed E-state index contributed by atoms with van der Waals surface area (Å²) in [5.74, 6) is 0. The van der Waals surface area contributed by atoms with E-state index in [1.165, 1.54) is 22.3 Å². The Labute approximate surface area is 317 Å². The highest BCUT2D eigenvalue weighted by molar-refractivity contribution is 6.19. The Bertz CT molecular complexity index is 3080. The Hall–Kier alpha value is -7.43. The summed E-state index contributed by atoms with van der Waals surface area (Å²) in [6.45, 7) is 0. The number of para-hydroxylation sites is 2. The maximum atomic E-state index is 6.65. The first-order chi connectivity index (χ1) is 27.3. The van der Waals surface area contributed by atoms with Gasteiger partial charge in [0.1, 0.15) is 16.7 Å². The number of rotatable bonds is 6. The number of nitrogens with zero attached hydrogens (tertiary/aromatic N) is 3. The minimum absolute atomic E-state index is 0.856. The molecule has 3 heterocycles. The van der Waals surface area contributed by atoms with Gasteiger partial charge in [0.15, 0.2) is 5.58 Å². The van der Waals surface area contributed by atoms with Gasteiger partial charge in [0, 0.05) is 33.2 Å². The second kappa shape index (κ2) is 12.6. The third kappa shape index (κ3) is 5.19. The van der Waals surface area contributed by atoms with Crippen molar-refractivity contribution >= 4 is 66.6 Å². The van der Waals surface area contributed by atoms with Crippen molar-refractivity contribution in [2.24, 2.45) is 0 Å². The van der Waals surface area contributed by atoms with Crippen molar-refractivity contribution in [3.8, 4) is 33.4 Å². The summed E-state index contributed by atoms with van der Waals surface area (Å²) in [5.41, 5.74) is 16.1. The van der Waals surface area contributed by atoms with Crippen molar-refractivity contribution in [1.29, 1.82) is 0 Å². The minimum Gasteiger partial charge on any atom is -0.454 e. The van der Waals surface area contributed by atoms with Gasteiger partial charge in [-0.05, 0) is 94.0 Å². The number of pyridine rings is 1. The molecule has 4 heteroatoms. The van der Waals surface area contributed by atoms with Crippen LogP contribution >= 0.6 is 0 Å². The molecule has 0 fully saturated rings. The predicted octanol–water partition coefficient (Wildman–Crippen LogP) is 14.0. The Morgan fingerprint density at radius 3 is 1.47 bits per heavy atom. The van der Waals surface area contributed by atoms with Gasteiger partial charge in [0.2, 0.25) is 0 Å². The summed E-state index contributed by atoms with van der Waals surface area (Å²) in [5, 5.41) is 3.21. The number of imidazole rings is 1. The Morgan fingerprint density at radius 1 is 0.400 bits per heavy atom. The quantitative estimate of drug-likeness (QED) is 0.173. The highest BCUT2D eigenvalue weighted by atomic mass is 16.3. The molecule has 0 bridgehead atoms. The maximum absolute atomic E-state index is 6.65. The van der Waals surface area contributed by atoms with Crippen molar-refractivity contribution in [2.45, 2.75) is 0 Å². The first-order valence-corrected chi connectivity index (χ1v) is 18.6. The van der Waals surface area contributed by atoms with E-state index in [1.54, 1.807) is 0 Å². The van der Waals surface area contributed by atoms with Crippen LogP contribution in [0.1, 0.15) is 0 Å². The summed E-state index contributed by atoms with van der Waals surface area (Å²) in [6.07, 6.45) is 0. The van der Waals surface area contributed by atoms with Crippen LogP contribution in [0.4, 0.5) is 17.1 Å². The molecular formula is C51H33N3O. The lowest BCUT2D eigenvalue weighted by molar-refractivity contribution is 0.672. The van der Waals surface area contributed by atoms with Gasteiger partial charge in [-0.1, -0.05) is 140 Å². The topological polar surface area (TPSA) is 33.7 Å². The first kappa shape index (κ1) is 31.1. The SMILES string of the molecule is c1ccc(-c2ccc(N(c3ccc(-c4ccccc4)cc3)c3ccc(-c4ccc5oc6c7ccccc7c7nc8ccccc8n7c6c5c4)cc3)cc2)cc1. The monoisotopic (exact) mass is 703 g/mol. The van der Waals surface area contributed by atoms with Gasteiger partial charge in [0.05, 0.1) is 11.0 Å². The van der Waals surface area contributed by atoms with E-state index in [0.717, 1.165) is 77.7 Å². The Balaban J connectivity index is 1.02. The van der Waals surface area contributed by atoms with Crippen molar-refractivity contribution in [3.63, 3.8) is 0 Å². The molecule has 0 aliphatic heterocycles. The highest BCUT2D eigenvalue weighted by Gasteiger charge is 2.20. The average Bonchev–Trinajstić information content (AvgIpc) is 3.84. The Morgan fingerprint density at radius 2 is 0.873 bits per heavy atom. The normalized spacial score (nSPS) is 11.6. The van der Waals surface area contributed by atoms with Gasteiger partial charge >= 0.3 is 0 Å². The van der Waals surface area contributed by atoms with E-state index < -0.39 is 0 Å². The summed E-state index contributed by atoms with van der Waals surface area (Å²) in [6, 6.07) is 70.9. The van der Waals surface area contributed by atoms with E-state index in [0.29, 0.717) is 0 Å². The van der Waals surface area contributed by atoms with E-state index in [-0.39, 0.29) is 0 Å². The smallest absolute Gasteiger partial charge is 0.160 e. The van der Waals surface area contributed by atoms with Crippen LogP contribution < -0.4 is 4.90 Å². The van der Waals surface area contributed by atoms with E-state index in [4.69, 9.17) is 9.40 Å². The minimum atomic E-state index is 0.856. The van der Waals surface area contributed by atoms with Crippen LogP contribution in [-0.4, -0.2) is 9.38 Å². The number of benzene rings is 8. The van der Waals surface area contributed by atoms with E-state index in [2.05, 4.69) is 203 Å². The number of hydrogen-bond acceptors (Lipinski definition) is 3. The van der Waals surface area contributed by atoms with Crippen LogP contribution in [0.2, 0.25) is 0 Å². The lowest BCUT2D eigenvalue weighted by Gasteiger charge is -2.26. The molecule has 0 radical (unpaired) electrons. The number of hydrogen-bond donors (Lipinski definition) is 0. The maximum Gasteiger partial charge on any atom is 0.160 e. The number of furan rings is 1. The largest absolute Gasteiger partial charge is 0.454 e. The van der Waals surface area contributed by atoms with Gasteiger partial charge in [0.25, 0.3) is 0 Å². The summed E-state index contributed by atoms with van der Waals surface area (Å²) < 4.78 is 8.92. The lowest BCUT2D eigenvalue weighted by atomic mass is 10.0. The molecule has 11 aromatic rings. The average molecular weight is 704 g/mol. The molecule has 0 aliphatic carbocycles. The summed E-state index contributed by atoms with van der Waals surface area (Å²) >= 11 is 0. The van der Waals surface area contributed by atoms with E-state index >= 15 is 0 Å². The molecule has 0 aliphatic rings. The molecule has 0 saturated heterocycles. The molecule has 4 nitrogen and oxygen atoms in total. The van der Waals surface area contributed by atoms with Crippen LogP contribution in [0.5, 0.6) is 0 Å². The fraction of sp³-hybridized carbons (Fsp3) is 0. The zero-order valence-corrected chi connectivity index (χ0v) is 29.8. The summed E-state index contributed by atoms with van der Waals surface area (Å²) in [7, 11) is 0. The predicted molar refractivity (Wildman–Crippen MR) is 228 cm³/mol. The zero-order valence-electron chi connectivity index (χ0n) is 29.8. The molecular weight excluding hydrogens is 671 g/mol. The molecule has 0 atom stereocenters. The highest BCUT2D eigenvalue weighted by Crippen LogP contribution is 2.41. The van der Waals surface area contributed by atoms with Gasteiger partial charge < -0.3 is 9.32 Å². The van der Waals surface area contributed by atoms with Crippen molar-refractivity contribution < 1.29 is 4.42 Å². The second-order valence-electron chi connectivity index (χ2n) is 14.0. The summed E-state index contributed by atoms with van der Waals surface area (Å²) in [4.78, 5) is 7.42. The number of aromatic nitrogens is 2. The van der Waals surface area contributed by atoms with Crippen LogP contribution in [0.25, 0.3) is 82.9 Å². The van der Waals surface area contributed by atoms with Crippen LogP contribution in [-0.2, 0) is 0 Å². The van der Waals surface area contributed by atoms with Gasteiger partial charge in [-0.3, -0.25) is 4.40 Å². The third-order valence-electron chi connectivity index (χ3n) is 10.8. The fourth-order valence-electron chi connectivity index (χ4n) is 8.10. The van der Waals surface area contributed by atoms with Gasteiger partial charge in [-0.25, -0.2) is 4.98 Å². The van der Waals surface area contributed by atoms with E-state index in [1.807, 2.05) is 6.07 Å². The zero-order chi connectivity index (χ0) is 36.3. The van der Waals surface area contributed by atoms with Crippen LogP contribution in [0.15, 0.2) is 205 Å². The lowest BCUT2D eigenvalue weighted by Crippen LogP contribution is -2.09. The van der Waals surface area contributed by atoms with Crippen LogP contribution in [0.3, 0.4) is 0 Å². The molecule has 0 unspecified atom stereocenters. The molecule has 0 spiro atoms. The number of fused-ring (bicyclic) bond motifs is 10. The van der Waals surface area contributed by atoms with Crippen molar-refractivity contribution in [2.75, 3.05) is 4.90 Å². The van der Waals surface area contributed by atoms with Crippen molar-refractivity contribution in [1.82, 2.24) is 9.38 Å². The van der Waals surface area contributed by atoms with E-state index in [9.17, 15) is 0 Å². The molecule has 3 aromatic heterocycles.